The fourth-order valence-electron chi connectivity index (χ4n) is 3.06. The van der Waals surface area contributed by atoms with Crippen LogP contribution in [-0.4, -0.2) is 18.2 Å². The van der Waals surface area contributed by atoms with Crippen LogP contribution in [-0.2, 0) is 10.0 Å². The second-order valence-corrected chi connectivity index (χ2v) is 9.15. The summed E-state index contributed by atoms with van der Waals surface area (Å²) < 4.78 is 26.8. The van der Waals surface area contributed by atoms with Crippen molar-refractivity contribution in [3.8, 4) is 28.2 Å². The second kappa shape index (κ2) is 7.76. The molecular weight excluding hydrogens is 474 g/mol. The van der Waals surface area contributed by atoms with Gasteiger partial charge in [0.25, 0.3) is 0 Å². The number of nitrogens with two attached hydrogens (primary N) is 1. The van der Waals surface area contributed by atoms with Crippen molar-refractivity contribution in [3.63, 3.8) is 0 Å². The first kappa shape index (κ1) is 19.8. The van der Waals surface area contributed by atoms with Gasteiger partial charge in [0.15, 0.2) is 0 Å². The molecule has 3 aromatic carbocycles. The Morgan fingerprint density at radius 1 is 0.931 bits per heavy atom. The lowest BCUT2D eigenvalue weighted by Crippen LogP contribution is -2.16. The number of benzene rings is 3. The van der Waals surface area contributed by atoms with Gasteiger partial charge in [0, 0.05) is 20.6 Å². The fraction of sp³-hybridized carbons (Fsp3) is 0. The lowest BCUT2D eigenvalue weighted by molar-refractivity contribution is 0.596. The maximum Gasteiger partial charge on any atom is 0.240 e. The lowest BCUT2D eigenvalue weighted by atomic mass is 10.1. The van der Waals surface area contributed by atoms with Gasteiger partial charge in [0.05, 0.1) is 17.1 Å². The molecule has 0 unspecified atom stereocenters. The first-order valence-electron chi connectivity index (χ1n) is 8.58. The molecule has 2 N–H and O–H groups in total. The molecule has 0 aliphatic rings. The molecule has 0 aliphatic carbocycles. The van der Waals surface area contributed by atoms with E-state index in [1.54, 1.807) is 35.0 Å². The zero-order chi connectivity index (χ0) is 20.6. The number of aromatic nitrogens is 2. The van der Waals surface area contributed by atoms with E-state index in [1.165, 1.54) is 6.07 Å². The van der Waals surface area contributed by atoms with Crippen molar-refractivity contribution in [2.24, 2.45) is 5.14 Å². The zero-order valence-electron chi connectivity index (χ0n) is 15.0. The van der Waals surface area contributed by atoms with Crippen molar-refractivity contribution in [2.45, 2.75) is 4.90 Å². The number of nitrogens with zero attached hydrogens (tertiary/aromatic N) is 2. The van der Waals surface area contributed by atoms with Crippen molar-refractivity contribution in [1.29, 1.82) is 0 Å². The van der Waals surface area contributed by atoms with Gasteiger partial charge in [0.2, 0.25) is 10.0 Å². The van der Waals surface area contributed by atoms with E-state index in [0.717, 1.165) is 15.6 Å². The van der Waals surface area contributed by atoms with Gasteiger partial charge in [-0.15, -0.1) is 0 Å². The van der Waals surface area contributed by atoms with Crippen LogP contribution in [0, 0.1) is 0 Å². The van der Waals surface area contributed by atoms with Crippen molar-refractivity contribution in [3.05, 3.63) is 88.4 Å². The highest BCUT2D eigenvalue weighted by molar-refractivity contribution is 9.10. The van der Waals surface area contributed by atoms with E-state index >= 15 is 0 Å². The summed E-state index contributed by atoms with van der Waals surface area (Å²) >= 11 is 9.59. The Hall–Kier alpha value is -2.45. The van der Waals surface area contributed by atoms with Crippen LogP contribution in [0.15, 0.2) is 88.2 Å². The molecule has 0 amide bonds. The molecule has 5 nitrogen and oxygen atoms in total. The van der Waals surface area contributed by atoms with Crippen molar-refractivity contribution in [1.82, 2.24) is 9.78 Å². The maximum atomic E-state index is 12.2. The molecule has 0 saturated carbocycles. The minimum atomic E-state index is -3.94. The summed E-state index contributed by atoms with van der Waals surface area (Å²) in [6, 6.07) is 23.4. The highest BCUT2D eigenvalue weighted by Crippen LogP contribution is 2.34. The predicted octanol–water partition coefficient (Wildman–Crippen LogP) is 5.27. The number of para-hydroxylation sites is 1. The Kier molecular flexibility index (Phi) is 5.31. The predicted molar refractivity (Wildman–Crippen MR) is 119 cm³/mol. The molecule has 0 spiro atoms. The molecule has 29 heavy (non-hydrogen) atoms. The molecule has 8 heteroatoms. The van der Waals surface area contributed by atoms with Crippen molar-refractivity contribution < 1.29 is 8.42 Å². The van der Waals surface area contributed by atoms with Gasteiger partial charge in [-0.2, -0.15) is 5.10 Å². The molecule has 1 aromatic heterocycles. The van der Waals surface area contributed by atoms with E-state index < -0.39 is 10.0 Å². The minimum Gasteiger partial charge on any atom is -0.231 e. The molecule has 0 atom stereocenters. The van der Waals surface area contributed by atoms with Crippen LogP contribution in [0.1, 0.15) is 0 Å². The molecular formula is C21H15BrClN3O2S. The van der Waals surface area contributed by atoms with Gasteiger partial charge in [-0.25, -0.2) is 18.2 Å². The van der Waals surface area contributed by atoms with Gasteiger partial charge in [-0.3, -0.25) is 0 Å². The summed E-state index contributed by atoms with van der Waals surface area (Å²) in [5.41, 5.74) is 3.49. The van der Waals surface area contributed by atoms with E-state index in [1.807, 2.05) is 42.5 Å². The molecule has 0 aliphatic heterocycles. The topological polar surface area (TPSA) is 78.0 Å². The van der Waals surface area contributed by atoms with Crippen LogP contribution in [0.2, 0.25) is 5.02 Å². The van der Waals surface area contributed by atoms with E-state index in [9.17, 15) is 8.42 Å². The maximum absolute atomic E-state index is 12.2. The van der Waals surface area contributed by atoms with E-state index in [4.69, 9.17) is 21.8 Å². The third-order valence-electron chi connectivity index (χ3n) is 4.40. The fourth-order valence-corrected chi connectivity index (χ4v) is 4.39. The van der Waals surface area contributed by atoms with Gasteiger partial charge in [0.1, 0.15) is 4.90 Å². The number of sulfonamides is 1. The summed E-state index contributed by atoms with van der Waals surface area (Å²) in [5, 5.41) is 10.8. The van der Waals surface area contributed by atoms with Crippen LogP contribution in [0.5, 0.6) is 0 Å². The monoisotopic (exact) mass is 487 g/mol. The summed E-state index contributed by atoms with van der Waals surface area (Å²) in [4.78, 5) is -0.00279. The van der Waals surface area contributed by atoms with E-state index in [2.05, 4.69) is 15.9 Å². The minimum absolute atomic E-state index is 0.00279. The highest BCUT2D eigenvalue weighted by Gasteiger charge is 2.20. The van der Waals surface area contributed by atoms with Gasteiger partial charge in [-0.1, -0.05) is 70.0 Å². The Morgan fingerprint density at radius 3 is 2.28 bits per heavy atom. The number of hydrogen-bond acceptors (Lipinski definition) is 3. The van der Waals surface area contributed by atoms with Crippen LogP contribution >= 0.6 is 27.5 Å². The van der Waals surface area contributed by atoms with Gasteiger partial charge >= 0.3 is 0 Å². The summed E-state index contributed by atoms with van der Waals surface area (Å²) in [5.74, 6) is 0. The first-order chi connectivity index (χ1) is 13.8. The quantitative estimate of drug-likeness (QED) is 0.425. The summed E-state index contributed by atoms with van der Waals surface area (Å²) in [6.07, 6.45) is 0. The normalized spacial score (nSPS) is 11.6. The highest BCUT2D eigenvalue weighted by atomic mass is 79.9. The molecule has 1 heterocycles. The number of halogens is 2. The van der Waals surface area contributed by atoms with Gasteiger partial charge < -0.3 is 0 Å². The van der Waals surface area contributed by atoms with E-state index in [-0.39, 0.29) is 4.90 Å². The zero-order valence-corrected chi connectivity index (χ0v) is 18.1. The standard InChI is InChI=1S/C21H15BrClN3O2S/c22-17-6-2-1-5-16(17)18-13-20(14-9-11-15(23)12-10-14)26(25-18)19-7-3-4-8-21(19)29(24,27)28/h1-13H,(H2,24,27,28). The summed E-state index contributed by atoms with van der Waals surface area (Å²) in [6.45, 7) is 0. The third-order valence-corrected chi connectivity index (χ3v) is 6.30. The number of primary sulfonamides is 1. The molecule has 0 fully saturated rings. The Bertz CT molecular complexity index is 1300. The molecule has 146 valence electrons. The molecule has 4 rings (SSSR count). The Morgan fingerprint density at radius 2 is 1.59 bits per heavy atom. The second-order valence-electron chi connectivity index (χ2n) is 6.33. The summed E-state index contributed by atoms with van der Waals surface area (Å²) in [7, 11) is -3.94. The van der Waals surface area contributed by atoms with Crippen LogP contribution in [0.3, 0.4) is 0 Å². The number of rotatable bonds is 4. The van der Waals surface area contributed by atoms with E-state index in [0.29, 0.717) is 22.1 Å². The third kappa shape index (κ3) is 4.00. The van der Waals surface area contributed by atoms with Crippen LogP contribution < -0.4 is 5.14 Å². The first-order valence-corrected chi connectivity index (χ1v) is 11.3. The Labute approximate surface area is 181 Å². The smallest absolute Gasteiger partial charge is 0.231 e. The lowest BCUT2D eigenvalue weighted by Gasteiger charge is -2.11. The molecule has 0 bridgehead atoms. The van der Waals surface area contributed by atoms with Crippen molar-refractivity contribution in [2.75, 3.05) is 0 Å². The average molecular weight is 489 g/mol. The van der Waals surface area contributed by atoms with Crippen LogP contribution in [0.4, 0.5) is 0 Å². The van der Waals surface area contributed by atoms with Crippen LogP contribution in [0.25, 0.3) is 28.2 Å². The number of hydrogen-bond donors (Lipinski definition) is 1. The average Bonchev–Trinajstić information content (AvgIpc) is 3.13. The molecule has 0 saturated heterocycles. The largest absolute Gasteiger partial charge is 0.240 e. The Balaban J connectivity index is 2.01. The molecule has 4 aromatic rings. The van der Waals surface area contributed by atoms with Gasteiger partial charge in [-0.05, 0) is 36.4 Å². The van der Waals surface area contributed by atoms with Crippen molar-refractivity contribution >= 4 is 37.6 Å². The SMILES string of the molecule is NS(=O)(=O)c1ccccc1-n1nc(-c2ccccc2Br)cc1-c1ccc(Cl)cc1. The molecule has 0 radical (unpaired) electrons.